The standard InChI is InChI=1S/C13H25NOS/c14-12(9-11-5-7-15-8-6-11)10-16-13-3-1-2-4-13/h11-13H,1-10,14H2. The number of hydrogen-bond acceptors (Lipinski definition) is 3. The zero-order valence-electron chi connectivity index (χ0n) is 10.2. The van der Waals surface area contributed by atoms with Crippen LogP contribution in [0, 0.1) is 5.92 Å². The van der Waals surface area contributed by atoms with Gasteiger partial charge in [0.25, 0.3) is 0 Å². The van der Waals surface area contributed by atoms with Crippen molar-refractivity contribution >= 4 is 11.8 Å². The molecule has 1 saturated carbocycles. The first-order valence-electron chi connectivity index (χ1n) is 6.79. The Kier molecular flexibility index (Phi) is 5.46. The summed E-state index contributed by atoms with van der Waals surface area (Å²) in [5, 5.41) is 0.917. The molecule has 1 unspecified atom stereocenters. The average Bonchev–Trinajstić information content (AvgIpc) is 2.81. The first-order chi connectivity index (χ1) is 7.84. The molecule has 94 valence electrons. The van der Waals surface area contributed by atoms with Gasteiger partial charge in [0, 0.05) is 30.3 Å². The average molecular weight is 243 g/mol. The Labute approximate surface area is 104 Å². The maximum Gasteiger partial charge on any atom is 0.0468 e. The normalized spacial score (nSPS) is 26.1. The van der Waals surface area contributed by atoms with E-state index in [2.05, 4.69) is 11.8 Å². The predicted octanol–water partition coefficient (Wildman–Crippen LogP) is 2.81. The summed E-state index contributed by atoms with van der Waals surface area (Å²) in [6, 6.07) is 0.411. The fourth-order valence-corrected chi connectivity index (χ4v) is 4.12. The predicted molar refractivity (Wildman–Crippen MR) is 70.8 cm³/mol. The van der Waals surface area contributed by atoms with Gasteiger partial charge in [-0.15, -0.1) is 0 Å². The van der Waals surface area contributed by atoms with E-state index in [1.54, 1.807) is 0 Å². The summed E-state index contributed by atoms with van der Waals surface area (Å²) in [4.78, 5) is 0. The molecule has 1 atom stereocenters. The van der Waals surface area contributed by atoms with Crippen molar-refractivity contribution in [2.45, 2.75) is 56.2 Å². The van der Waals surface area contributed by atoms with Crippen LogP contribution < -0.4 is 5.73 Å². The molecule has 0 aromatic rings. The van der Waals surface area contributed by atoms with Gasteiger partial charge in [0.15, 0.2) is 0 Å². The molecule has 1 aliphatic carbocycles. The van der Waals surface area contributed by atoms with Gasteiger partial charge in [-0.1, -0.05) is 12.8 Å². The Hall–Kier alpha value is 0.270. The van der Waals surface area contributed by atoms with E-state index in [4.69, 9.17) is 10.5 Å². The topological polar surface area (TPSA) is 35.2 Å². The highest BCUT2D eigenvalue weighted by atomic mass is 32.2. The number of hydrogen-bond donors (Lipinski definition) is 1. The molecule has 0 spiro atoms. The van der Waals surface area contributed by atoms with E-state index < -0.39 is 0 Å². The number of thioether (sulfide) groups is 1. The van der Waals surface area contributed by atoms with Crippen molar-refractivity contribution in [3.8, 4) is 0 Å². The van der Waals surface area contributed by atoms with Crippen molar-refractivity contribution in [2.24, 2.45) is 11.7 Å². The van der Waals surface area contributed by atoms with E-state index >= 15 is 0 Å². The van der Waals surface area contributed by atoms with Crippen LogP contribution in [-0.4, -0.2) is 30.3 Å². The van der Waals surface area contributed by atoms with E-state index in [9.17, 15) is 0 Å². The molecule has 2 nitrogen and oxygen atoms in total. The molecule has 2 rings (SSSR count). The van der Waals surface area contributed by atoms with Gasteiger partial charge in [0.2, 0.25) is 0 Å². The number of ether oxygens (including phenoxy) is 1. The fraction of sp³-hybridized carbons (Fsp3) is 1.00. The molecule has 2 aliphatic rings. The Morgan fingerprint density at radius 2 is 1.81 bits per heavy atom. The summed E-state index contributed by atoms with van der Waals surface area (Å²) in [7, 11) is 0. The molecule has 0 aromatic heterocycles. The van der Waals surface area contributed by atoms with E-state index in [0.717, 1.165) is 24.4 Å². The molecule has 16 heavy (non-hydrogen) atoms. The van der Waals surface area contributed by atoms with Crippen molar-refractivity contribution in [3.05, 3.63) is 0 Å². The third kappa shape index (κ3) is 4.27. The molecule has 2 N–H and O–H groups in total. The Balaban J connectivity index is 1.57. The van der Waals surface area contributed by atoms with E-state index in [1.165, 1.54) is 50.7 Å². The van der Waals surface area contributed by atoms with Gasteiger partial charge in [-0.3, -0.25) is 0 Å². The van der Waals surface area contributed by atoms with Gasteiger partial charge in [-0.25, -0.2) is 0 Å². The highest BCUT2D eigenvalue weighted by Crippen LogP contribution is 2.30. The van der Waals surface area contributed by atoms with Crippen molar-refractivity contribution < 1.29 is 4.74 Å². The van der Waals surface area contributed by atoms with Gasteiger partial charge in [0.1, 0.15) is 0 Å². The molecule has 0 bridgehead atoms. The van der Waals surface area contributed by atoms with Crippen LogP contribution >= 0.6 is 11.8 Å². The minimum absolute atomic E-state index is 0.411. The zero-order chi connectivity index (χ0) is 11.2. The Morgan fingerprint density at radius 3 is 2.50 bits per heavy atom. The lowest BCUT2D eigenvalue weighted by Crippen LogP contribution is -2.29. The summed E-state index contributed by atoms with van der Waals surface area (Å²) < 4.78 is 5.38. The van der Waals surface area contributed by atoms with Crippen molar-refractivity contribution in [1.82, 2.24) is 0 Å². The summed E-state index contributed by atoms with van der Waals surface area (Å²) in [6.45, 7) is 1.90. The largest absolute Gasteiger partial charge is 0.381 e. The van der Waals surface area contributed by atoms with Gasteiger partial charge in [0.05, 0.1) is 0 Å². The molecule has 0 radical (unpaired) electrons. The van der Waals surface area contributed by atoms with Crippen LogP contribution in [-0.2, 0) is 4.74 Å². The van der Waals surface area contributed by atoms with Crippen molar-refractivity contribution in [2.75, 3.05) is 19.0 Å². The van der Waals surface area contributed by atoms with Crippen LogP contribution in [0.5, 0.6) is 0 Å². The smallest absolute Gasteiger partial charge is 0.0468 e. The molecule has 1 heterocycles. The molecular weight excluding hydrogens is 218 g/mol. The minimum atomic E-state index is 0.411. The first-order valence-corrected chi connectivity index (χ1v) is 7.84. The van der Waals surface area contributed by atoms with Crippen LogP contribution in [0.25, 0.3) is 0 Å². The highest BCUT2D eigenvalue weighted by molar-refractivity contribution is 7.99. The quantitative estimate of drug-likeness (QED) is 0.806. The van der Waals surface area contributed by atoms with Crippen LogP contribution in [0.15, 0.2) is 0 Å². The van der Waals surface area contributed by atoms with Gasteiger partial charge in [-0.05, 0) is 38.0 Å². The van der Waals surface area contributed by atoms with Gasteiger partial charge in [-0.2, -0.15) is 11.8 Å². The van der Waals surface area contributed by atoms with Crippen LogP contribution in [0.4, 0.5) is 0 Å². The molecule has 1 saturated heterocycles. The lowest BCUT2D eigenvalue weighted by atomic mass is 9.93. The van der Waals surface area contributed by atoms with Crippen molar-refractivity contribution in [1.29, 1.82) is 0 Å². The second-order valence-corrected chi connectivity index (χ2v) is 6.62. The van der Waals surface area contributed by atoms with E-state index in [1.807, 2.05) is 0 Å². The SMILES string of the molecule is NC(CSC1CCCC1)CC1CCOCC1. The van der Waals surface area contributed by atoms with Crippen molar-refractivity contribution in [3.63, 3.8) is 0 Å². The first kappa shape index (κ1) is 12.7. The maximum atomic E-state index is 6.22. The summed E-state index contributed by atoms with van der Waals surface area (Å²) in [6.07, 6.45) is 9.38. The highest BCUT2D eigenvalue weighted by Gasteiger charge is 2.20. The lowest BCUT2D eigenvalue weighted by molar-refractivity contribution is 0.0625. The molecule has 1 aliphatic heterocycles. The Bertz CT molecular complexity index is 188. The molecule has 0 amide bonds. The second-order valence-electron chi connectivity index (χ2n) is 5.29. The molecule has 3 heteroatoms. The number of rotatable bonds is 5. The third-order valence-electron chi connectivity index (χ3n) is 3.83. The minimum Gasteiger partial charge on any atom is -0.381 e. The fourth-order valence-electron chi connectivity index (χ4n) is 2.79. The van der Waals surface area contributed by atoms with Crippen LogP contribution in [0.3, 0.4) is 0 Å². The third-order valence-corrected chi connectivity index (χ3v) is 5.39. The van der Waals surface area contributed by atoms with E-state index in [0.29, 0.717) is 6.04 Å². The lowest BCUT2D eigenvalue weighted by Gasteiger charge is -2.25. The molecular formula is C13H25NOS. The van der Waals surface area contributed by atoms with Crippen LogP contribution in [0.1, 0.15) is 44.9 Å². The summed E-state index contributed by atoms with van der Waals surface area (Å²) in [5.41, 5.74) is 6.22. The number of nitrogens with two attached hydrogens (primary N) is 1. The maximum absolute atomic E-state index is 6.22. The zero-order valence-corrected chi connectivity index (χ0v) is 11.0. The van der Waals surface area contributed by atoms with Gasteiger partial charge < -0.3 is 10.5 Å². The summed E-state index contributed by atoms with van der Waals surface area (Å²) >= 11 is 2.12. The van der Waals surface area contributed by atoms with Gasteiger partial charge >= 0.3 is 0 Å². The molecule has 2 fully saturated rings. The monoisotopic (exact) mass is 243 g/mol. The second kappa shape index (κ2) is 6.87. The Morgan fingerprint density at radius 1 is 1.12 bits per heavy atom. The summed E-state index contributed by atoms with van der Waals surface area (Å²) in [5.74, 6) is 2.00. The van der Waals surface area contributed by atoms with Crippen LogP contribution in [0.2, 0.25) is 0 Å². The molecule has 0 aromatic carbocycles. The van der Waals surface area contributed by atoms with E-state index in [-0.39, 0.29) is 0 Å².